The second kappa shape index (κ2) is 45.3. The molecule has 0 radical (unpaired) electrons. The van der Waals surface area contributed by atoms with Gasteiger partial charge in [-0.15, -0.1) is 96.3 Å². The van der Waals surface area contributed by atoms with Crippen LogP contribution in [0.25, 0.3) is 88.4 Å². The van der Waals surface area contributed by atoms with Gasteiger partial charge in [0.05, 0.1) is 17.1 Å². The summed E-state index contributed by atoms with van der Waals surface area (Å²) in [6.45, 7) is 61.8. The molecule has 121 heavy (non-hydrogen) atoms. The van der Waals surface area contributed by atoms with Crippen molar-refractivity contribution in [2.24, 2.45) is 0 Å². The largest absolute Gasteiger partial charge is 4.00 e. The molecule has 0 fully saturated rings. The number of aromatic amines is 1. The van der Waals surface area contributed by atoms with Gasteiger partial charge in [0.25, 0.3) is 0 Å². The van der Waals surface area contributed by atoms with Gasteiger partial charge in [-0.3, -0.25) is 9.97 Å². The average molecular weight is 1920 g/mol. The fourth-order valence-corrected chi connectivity index (χ4v) is 13.3. The topological polar surface area (TPSA) is 55.7 Å². The predicted molar refractivity (Wildman–Crippen MR) is 518 cm³/mol. The zero-order chi connectivity index (χ0) is 86.0. The molecule has 0 saturated heterocycles. The summed E-state index contributed by atoms with van der Waals surface area (Å²) in [5.74, 6) is 0. The molecular weight excluding hydrogens is 1790 g/mol. The Bertz CT molecular complexity index is 5370. The number of rotatable bonds is 4. The third-order valence-electron chi connectivity index (χ3n) is 20.1. The van der Waals surface area contributed by atoms with Gasteiger partial charge in [-0.05, 0) is 173 Å². The summed E-state index contributed by atoms with van der Waals surface area (Å²) in [5.41, 5.74) is 26.5. The summed E-state index contributed by atoms with van der Waals surface area (Å²) < 4.78 is 0. The fraction of sp³-hybridized carbons (Fsp3) is 0.174. The first-order valence-corrected chi connectivity index (χ1v) is 40.9. The van der Waals surface area contributed by atoms with E-state index >= 15 is 0 Å². The Morgan fingerprint density at radius 2 is 0.529 bits per heavy atom. The van der Waals surface area contributed by atoms with E-state index in [1.54, 1.807) is 0 Å². The summed E-state index contributed by atoms with van der Waals surface area (Å²) in [4.78, 5) is 18.3. The zero-order valence-electron chi connectivity index (χ0n) is 74.2. The van der Waals surface area contributed by atoms with Crippen molar-refractivity contribution in [1.82, 2.24) is 19.9 Å². The van der Waals surface area contributed by atoms with Gasteiger partial charge in [-0.25, -0.2) is 0 Å². The van der Waals surface area contributed by atoms with Crippen LogP contribution in [0.15, 0.2) is 346 Å². The van der Waals surface area contributed by atoms with E-state index in [4.69, 9.17) is 15.0 Å². The SMILES string of the molecule is Cc1cnc(-c2ccc(-c3c4ccc(C(C)(C)C)cc4cc4ccc(C(C)(C)C)cc34)[n-]2)c(C)c1.Cc1cnc(-c2ccc(-c3c4ccc(C(C)(C)C)cc4cc4ccc(C(C)(C)C)cc34)[nH]2)c(C)c1.[CH2-]c1ccccc1.[CH2-]c1ccccc1.[CH2-]c1ccccc1.[CH2-]c1ccccc1.[CH2-]c1ccccc1.[CH2-]c1ccccc1.[CH2-]c1ccccc1.[Hf+4].[Hf]. The number of fused-ring (bicyclic) bond motifs is 4. The molecular formula is C115H120Hf2N4-4. The molecule has 0 aliphatic heterocycles. The number of pyridine rings is 2. The Balaban J connectivity index is 0.000000212. The van der Waals surface area contributed by atoms with Crippen LogP contribution in [-0.4, -0.2) is 15.0 Å². The van der Waals surface area contributed by atoms with E-state index in [9.17, 15) is 0 Å². The first-order valence-electron chi connectivity index (χ1n) is 40.9. The van der Waals surface area contributed by atoms with Crippen molar-refractivity contribution in [3.63, 3.8) is 0 Å². The number of nitrogens with one attached hydrogen (secondary N) is 1. The van der Waals surface area contributed by atoms with Crippen molar-refractivity contribution in [1.29, 1.82) is 0 Å². The van der Waals surface area contributed by atoms with E-state index in [-0.39, 0.29) is 73.3 Å². The Labute approximate surface area is 763 Å². The van der Waals surface area contributed by atoms with Crippen LogP contribution in [0.1, 0.15) is 167 Å². The number of hydrogen-bond donors (Lipinski definition) is 1. The van der Waals surface area contributed by atoms with Crippen molar-refractivity contribution >= 4 is 43.1 Å². The van der Waals surface area contributed by atoms with Crippen molar-refractivity contribution in [2.75, 3.05) is 0 Å². The molecule has 17 aromatic rings. The van der Waals surface area contributed by atoms with Crippen molar-refractivity contribution in [2.45, 2.75) is 132 Å². The molecule has 0 spiro atoms. The van der Waals surface area contributed by atoms with Crippen LogP contribution in [0.5, 0.6) is 0 Å². The summed E-state index contributed by atoms with van der Waals surface area (Å²) in [6.07, 6.45) is 3.87. The Hall–Kier alpha value is -11.4. The van der Waals surface area contributed by atoms with Crippen LogP contribution in [0.3, 0.4) is 0 Å². The van der Waals surface area contributed by atoms with E-state index < -0.39 is 0 Å². The molecule has 17 rings (SSSR count). The van der Waals surface area contributed by atoms with Gasteiger partial charge in [0, 0.05) is 49.5 Å². The number of nitrogens with zero attached hydrogens (tertiary/aromatic N) is 3. The first kappa shape index (κ1) is 96.7. The van der Waals surface area contributed by atoms with Crippen molar-refractivity contribution in [3.05, 3.63) is 478 Å². The molecule has 0 atom stereocenters. The monoisotopic (exact) mass is 1920 g/mol. The van der Waals surface area contributed by atoms with E-state index in [1.807, 2.05) is 225 Å². The summed E-state index contributed by atoms with van der Waals surface area (Å²) in [5, 5.41) is 10.1. The predicted octanol–water partition coefficient (Wildman–Crippen LogP) is 31.2. The van der Waals surface area contributed by atoms with Gasteiger partial charge < -0.3 is 9.97 Å². The maximum absolute atomic E-state index is 5.14. The maximum atomic E-state index is 5.14. The minimum Gasteiger partial charge on any atom is -0.656 e. The Kier molecular flexibility index (Phi) is 36.2. The minimum absolute atomic E-state index is 0. The maximum Gasteiger partial charge on any atom is 4.00 e. The Morgan fingerprint density at radius 1 is 0.256 bits per heavy atom. The van der Waals surface area contributed by atoms with Gasteiger partial charge in [-0.2, -0.15) is 172 Å². The third kappa shape index (κ3) is 29.5. The van der Waals surface area contributed by atoms with E-state index in [2.05, 4.69) is 286 Å². The number of benzene rings is 13. The second-order valence-electron chi connectivity index (χ2n) is 34.5. The van der Waals surface area contributed by atoms with Crippen molar-refractivity contribution in [3.8, 4) is 45.3 Å². The van der Waals surface area contributed by atoms with E-state index in [0.717, 1.165) is 78.7 Å². The molecule has 612 valence electrons. The van der Waals surface area contributed by atoms with Gasteiger partial charge in [0.1, 0.15) is 0 Å². The van der Waals surface area contributed by atoms with Crippen LogP contribution in [0.4, 0.5) is 0 Å². The fourth-order valence-electron chi connectivity index (χ4n) is 13.3. The summed E-state index contributed by atoms with van der Waals surface area (Å²) >= 11 is 0. The van der Waals surface area contributed by atoms with Crippen molar-refractivity contribution < 1.29 is 51.7 Å². The van der Waals surface area contributed by atoms with Gasteiger partial charge >= 0.3 is 25.8 Å². The molecule has 0 unspecified atom stereocenters. The van der Waals surface area contributed by atoms with Crippen LogP contribution >= 0.6 is 0 Å². The number of H-pyrrole nitrogens is 1. The smallest absolute Gasteiger partial charge is 0.656 e. The number of aryl methyl sites for hydroxylation is 4. The molecule has 4 heterocycles. The molecule has 0 aliphatic rings. The third-order valence-corrected chi connectivity index (χ3v) is 20.1. The standard InChI is InChI=1S/C33H36N2.C33H35N2.7C7H7.2Hf/c2*1-20-15-21(2)31(34-19-20)29-14-13-28(35-29)30-26-12-11-24(32(3,4)5)17-23(26)16-22-9-10-25(18-27(22)30)33(6,7)8;7*1-7-5-3-2-4-6-7;;/h9-19,35H,1-8H3;9-19H,1-8H3;7*2-6H,1H2;;/q;8*-1;;+4. The molecule has 0 bridgehead atoms. The summed E-state index contributed by atoms with van der Waals surface area (Å²) in [6, 6.07) is 115. The van der Waals surface area contributed by atoms with Crippen LogP contribution < -0.4 is 4.98 Å². The van der Waals surface area contributed by atoms with Gasteiger partial charge in [0.2, 0.25) is 0 Å². The minimum atomic E-state index is 0. The molecule has 1 N–H and O–H groups in total. The zero-order valence-corrected chi connectivity index (χ0v) is 81.4. The quantitative estimate of drug-likeness (QED) is 0.109. The van der Waals surface area contributed by atoms with E-state index in [0.29, 0.717) is 0 Å². The molecule has 0 saturated carbocycles. The van der Waals surface area contributed by atoms with Crippen LogP contribution in [0.2, 0.25) is 0 Å². The van der Waals surface area contributed by atoms with Gasteiger partial charge in [-0.1, -0.05) is 217 Å². The molecule has 4 nitrogen and oxygen atoms in total. The van der Waals surface area contributed by atoms with E-state index in [1.165, 1.54) is 93.2 Å². The Morgan fingerprint density at radius 3 is 0.826 bits per heavy atom. The van der Waals surface area contributed by atoms with Gasteiger partial charge in [0.15, 0.2) is 0 Å². The molecule has 13 aromatic carbocycles. The molecule has 0 amide bonds. The molecule has 4 aromatic heterocycles. The summed E-state index contributed by atoms with van der Waals surface area (Å²) in [7, 11) is 0. The normalized spacial score (nSPS) is 10.7. The first-order chi connectivity index (χ1) is 56.6. The number of hydrogen-bond acceptors (Lipinski definition) is 2. The molecule has 0 aliphatic carbocycles. The number of aromatic nitrogens is 4. The molecule has 6 heteroatoms. The second-order valence-corrected chi connectivity index (χ2v) is 34.5. The average Bonchev–Trinajstić information content (AvgIpc) is 1.72. The van der Waals surface area contributed by atoms with Crippen LogP contribution in [-0.2, 0) is 73.3 Å². The van der Waals surface area contributed by atoms with Crippen LogP contribution in [0, 0.1) is 76.2 Å².